The first kappa shape index (κ1) is 11.8. The Kier molecular flexibility index (Phi) is 4.16. The highest BCUT2D eigenvalue weighted by Gasteiger charge is 2.17. The molecule has 2 rings (SSSR count). The molecule has 1 aliphatic heterocycles. The van der Waals surface area contributed by atoms with Gasteiger partial charge in [-0.3, -0.25) is 9.48 Å². The minimum absolute atomic E-state index is 0.0704. The Hall–Kier alpha value is -0.630. The third-order valence-corrected chi connectivity index (χ3v) is 3.02. The molecular weight excluding hydrogens is 321 g/mol. The number of carbonyl (C=O) groups is 1. The fourth-order valence-corrected chi connectivity index (χ4v) is 2.07. The van der Waals surface area contributed by atoms with Gasteiger partial charge in [-0.25, -0.2) is 0 Å². The number of nitrogens with one attached hydrogen (secondary N) is 1. The molecule has 1 saturated heterocycles. The van der Waals surface area contributed by atoms with Gasteiger partial charge in [-0.1, -0.05) is 0 Å². The molecular formula is C10H14IN3O2. The normalized spacial score (nSPS) is 19.9. The first-order valence-electron chi connectivity index (χ1n) is 5.29. The number of rotatable bonds is 4. The van der Waals surface area contributed by atoms with Gasteiger partial charge in [0.25, 0.3) is 0 Å². The van der Waals surface area contributed by atoms with Crippen molar-refractivity contribution in [1.29, 1.82) is 0 Å². The van der Waals surface area contributed by atoms with E-state index in [2.05, 4.69) is 33.0 Å². The van der Waals surface area contributed by atoms with Gasteiger partial charge < -0.3 is 10.1 Å². The van der Waals surface area contributed by atoms with E-state index in [1.807, 2.05) is 6.20 Å². The monoisotopic (exact) mass is 335 g/mol. The van der Waals surface area contributed by atoms with E-state index in [0.717, 1.165) is 16.6 Å². The van der Waals surface area contributed by atoms with E-state index < -0.39 is 0 Å². The van der Waals surface area contributed by atoms with E-state index in [9.17, 15) is 4.79 Å². The minimum Gasteiger partial charge on any atom is -0.379 e. The Morgan fingerprint density at radius 3 is 3.25 bits per heavy atom. The molecule has 1 unspecified atom stereocenters. The summed E-state index contributed by atoms with van der Waals surface area (Å²) >= 11 is 2.20. The smallest absolute Gasteiger partial charge is 0.222 e. The molecule has 88 valence electrons. The summed E-state index contributed by atoms with van der Waals surface area (Å²) in [5.41, 5.74) is 0. The van der Waals surface area contributed by atoms with E-state index in [0.29, 0.717) is 19.6 Å². The number of aryl methyl sites for hydroxylation is 1. The summed E-state index contributed by atoms with van der Waals surface area (Å²) in [7, 11) is 0. The molecule has 1 aliphatic rings. The van der Waals surface area contributed by atoms with Crippen LogP contribution in [0.15, 0.2) is 12.4 Å². The number of hydrogen-bond acceptors (Lipinski definition) is 3. The number of hydrogen-bond donors (Lipinski definition) is 1. The standard InChI is InChI=1S/C10H14IN3O2/c11-8-5-12-14(6-8)3-1-10(15)13-9-2-4-16-7-9/h5-6,9H,1-4,7H2,(H,13,15). The lowest BCUT2D eigenvalue weighted by Crippen LogP contribution is -2.35. The maximum absolute atomic E-state index is 11.6. The molecule has 0 bridgehead atoms. The molecule has 6 heteroatoms. The maximum atomic E-state index is 11.6. The highest BCUT2D eigenvalue weighted by Crippen LogP contribution is 2.04. The number of ether oxygens (including phenoxy) is 1. The average molecular weight is 335 g/mol. The molecule has 16 heavy (non-hydrogen) atoms. The SMILES string of the molecule is O=C(CCn1cc(I)cn1)NC1CCOC1. The zero-order chi connectivity index (χ0) is 11.4. The second-order valence-corrected chi connectivity index (χ2v) is 5.05. The lowest BCUT2D eigenvalue weighted by molar-refractivity contribution is -0.122. The first-order valence-corrected chi connectivity index (χ1v) is 6.37. The molecule has 1 aromatic heterocycles. The Morgan fingerprint density at radius 1 is 1.75 bits per heavy atom. The van der Waals surface area contributed by atoms with Gasteiger partial charge in [0.1, 0.15) is 0 Å². The van der Waals surface area contributed by atoms with Gasteiger partial charge in [-0.2, -0.15) is 5.10 Å². The molecule has 0 aliphatic carbocycles. The molecule has 0 aromatic carbocycles. The van der Waals surface area contributed by atoms with Gasteiger partial charge in [0.15, 0.2) is 0 Å². The molecule has 1 fully saturated rings. The van der Waals surface area contributed by atoms with Crippen molar-refractivity contribution in [3.63, 3.8) is 0 Å². The molecule has 0 spiro atoms. The van der Waals surface area contributed by atoms with Crippen molar-refractivity contribution in [3.8, 4) is 0 Å². The lowest BCUT2D eigenvalue weighted by atomic mass is 10.2. The quantitative estimate of drug-likeness (QED) is 0.828. The molecule has 0 radical (unpaired) electrons. The van der Waals surface area contributed by atoms with Gasteiger partial charge in [0, 0.05) is 25.8 Å². The van der Waals surface area contributed by atoms with Gasteiger partial charge in [0.05, 0.1) is 22.4 Å². The van der Waals surface area contributed by atoms with Crippen molar-refractivity contribution in [2.75, 3.05) is 13.2 Å². The van der Waals surface area contributed by atoms with Crippen molar-refractivity contribution in [3.05, 3.63) is 16.0 Å². The number of amides is 1. The topological polar surface area (TPSA) is 56.2 Å². The molecule has 1 atom stereocenters. The number of halogens is 1. The highest BCUT2D eigenvalue weighted by molar-refractivity contribution is 14.1. The van der Waals surface area contributed by atoms with Crippen LogP contribution in [0.1, 0.15) is 12.8 Å². The summed E-state index contributed by atoms with van der Waals surface area (Å²) in [6.07, 6.45) is 5.09. The van der Waals surface area contributed by atoms with E-state index >= 15 is 0 Å². The molecule has 1 N–H and O–H groups in total. The Bertz CT molecular complexity index is 361. The second-order valence-electron chi connectivity index (χ2n) is 3.80. The molecule has 1 aromatic rings. The van der Waals surface area contributed by atoms with Crippen LogP contribution >= 0.6 is 22.6 Å². The van der Waals surface area contributed by atoms with E-state index in [1.165, 1.54) is 0 Å². The Labute approximate surface area is 108 Å². The highest BCUT2D eigenvalue weighted by atomic mass is 127. The molecule has 2 heterocycles. The number of nitrogens with zero attached hydrogens (tertiary/aromatic N) is 2. The van der Waals surface area contributed by atoms with Crippen LogP contribution in [0.4, 0.5) is 0 Å². The fourth-order valence-electron chi connectivity index (χ4n) is 1.62. The summed E-state index contributed by atoms with van der Waals surface area (Å²) in [6, 6.07) is 0.199. The maximum Gasteiger partial charge on any atom is 0.222 e. The minimum atomic E-state index is 0.0704. The third-order valence-electron chi connectivity index (χ3n) is 2.46. The number of aromatic nitrogens is 2. The van der Waals surface area contributed by atoms with Gasteiger partial charge >= 0.3 is 0 Å². The van der Waals surface area contributed by atoms with Crippen molar-refractivity contribution in [1.82, 2.24) is 15.1 Å². The van der Waals surface area contributed by atoms with Crippen molar-refractivity contribution in [2.24, 2.45) is 0 Å². The fraction of sp³-hybridized carbons (Fsp3) is 0.600. The van der Waals surface area contributed by atoms with Crippen LogP contribution in [0.25, 0.3) is 0 Å². The van der Waals surface area contributed by atoms with Crippen molar-refractivity contribution in [2.45, 2.75) is 25.4 Å². The van der Waals surface area contributed by atoms with Crippen molar-refractivity contribution >= 4 is 28.5 Å². The van der Waals surface area contributed by atoms with Gasteiger partial charge in [-0.05, 0) is 29.0 Å². The van der Waals surface area contributed by atoms with Gasteiger partial charge in [-0.15, -0.1) is 0 Å². The van der Waals surface area contributed by atoms with Crippen LogP contribution < -0.4 is 5.32 Å². The van der Waals surface area contributed by atoms with Crippen molar-refractivity contribution < 1.29 is 9.53 Å². The van der Waals surface area contributed by atoms with E-state index in [4.69, 9.17) is 4.74 Å². The van der Waals surface area contributed by atoms with Crippen LogP contribution in [0.3, 0.4) is 0 Å². The first-order chi connectivity index (χ1) is 7.74. The van der Waals surface area contributed by atoms with E-state index in [-0.39, 0.29) is 11.9 Å². The summed E-state index contributed by atoms with van der Waals surface area (Å²) < 4.78 is 8.06. The van der Waals surface area contributed by atoms with Crippen LogP contribution in [0.2, 0.25) is 0 Å². The van der Waals surface area contributed by atoms with Gasteiger partial charge in [0.2, 0.25) is 5.91 Å². The number of carbonyl (C=O) groups excluding carboxylic acids is 1. The van der Waals surface area contributed by atoms with Crippen LogP contribution in [-0.4, -0.2) is 34.9 Å². The Balaban J connectivity index is 1.71. The molecule has 0 saturated carbocycles. The summed E-state index contributed by atoms with van der Waals surface area (Å²) in [5.74, 6) is 0.0704. The lowest BCUT2D eigenvalue weighted by Gasteiger charge is -2.10. The largest absolute Gasteiger partial charge is 0.379 e. The van der Waals surface area contributed by atoms with Crippen LogP contribution in [-0.2, 0) is 16.1 Å². The predicted molar refractivity (Wildman–Crippen MR) is 66.9 cm³/mol. The zero-order valence-corrected chi connectivity index (χ0v) is 11.0. The van der Waals surface area contributed by atoms with Crippen LogP contribution in [0, 0.1) is 3.57 Å². The summed E-state index contributed by atoms with van der Waals surface area (Å²) in [4.78, 5) is 11.6. The van der Waals surface area contributed by atoms with Crippen LogP contribution in [0.5, 0.6) is 0 Å². The molecule has 1 amide bonds. The summed E-state index contributed by atoms with van der Waals surface area (Å²) in [5, 5.41) is 7.07. The third kappa shape index (κ3) is 3.44. The predicted octanol–water partition coefficient (Wildman–Crippen LogP) is 0.783. The Morgan fingerprint density at radius 2 is 2.62 bits per heavy atom. The summed E-state index contributed by atoms with van der Waals surface area (Å²) in [6.45, 7) is 2.02. The average Bonchev–Trinajstić information content (AvgIpc) is 2.87. The second kappa shape index (κ2) is 5.62. The molecule has 5 nitrogen and oxygen atoms in total. The van der Waals surface area contributed by atoms with E-state index in [1.54, 1.807) is 10.9 Å². The zero-order valence-electron chi connectivity index (χ0n) is 8.86.